The molecule has 0 aliphatic heterocycles. The molecule has 5 nitrogen and oxygen atoms in total. The first-order valence-corrected chi connectivity index (χ1v) is 10.1. The average Bonchev–Trinajstić information content (AvgIpc) is 3.07. The number of nitrogens with zero attached hydrogens (tertiary/aromatic N) is 3. The Bertz CT molecular complexity index is 864. The number of carbonyl (C=O) groups excluding carboxylic acids is 1. The standard InChI is InChI=1S/C21H24N4OS/c1-16(13-14-18-9-5-3-6-10-18)22-20(26)15-27-21-24-23-17(2)25(21)19-11-7-4-8-12-19/h3-12,16H,13-15H2,1-2H3,(H,22,26)/t16-/m1/s1. The predicted octanol–water partition coefficient (Wildman–Crippen LogP) is 3.81. The minimum absolute atomic E-state index is 0.0147. The van der Waals surface area contributed by atoms with Crippen molar-refractivity contribution in [2.45, 2.75) is 37.9 Å². The van der Waals surface area contributed by atoms with Gasteiger partial charge in [-0.1, -0.05) is 60.3 Å². The lowest BCUT2D eigenvalue weighted by atomic mass is 10.1. The minimum Gasteiger partial charge on any atom is -0.353 e. The third-order valence-electron chi connectivity index (χ3n) is 4.26. The maximum absolute atomic E-state index is 12.3. The fourth-order valence-corrected chi connectivity index (χ4v) is 3.67. The van der Waals surface area contributed by atoms with Crippen LogP contribution in [0.5, 0.6) is 0 Å². The smallest absolute Gasteiger partial charge is 0.230 e. The zero-order chi connectivity index (χ0) is 19.1. The number of amides is 1. The molecular formula is C21H24N4OS. The molecule has 0 fully saturated rings. The largest absolute Gasteiger partial charge is 0.353 e. The van der Waals surface area contributed by atoms with Gasteiger partial charge in [-0.25, -0.2) is 0 Å². The van der Waals surface area contributed by atoms with Gasteiger partial charge in [0.2, 0.25) is 5.91 Å². The summed E-state index contributed by atoms with van der Waals surface area (Å²) in [6, 6.07) is 20.4. The van der Waals surface area contributed by atoms with Crippen molar-refractivity contribution in [2.24, 2.45) is 0 Å². The normalized spacial score (nSPS) is 11.9. The van der Waals surface area contributed by atoms with Gasteiger partial charge in [0.1, 0.15) is 5.82 Å². The van der Waals surface area contributed by atoms with Crippen molar-refractivity contribution < 1.29 is 4.79 Å². The second kappa shape index (κ2) is 9.37. The van der Waals surface area contributed by atoms with E-state index in [2.05, 4.69) is 27.6 Å². The maximum Gasteiger partial charge on any atom is 0.230 e. The molecule has 27 heavy (non-hydrogen) atoms. The summed E-state index contributed by atoms with van der Waals surface area (Å²) in [6.45, 7) is 3.96. The van der Waals surface area contributed by atoms with Crippen LogP contribution in [-0.4, -0.2) is 32.5 Å². The van der Waals surface area contributed by atoms with Gasteiger partial charge in [0, 0.05) is 11.7 Å². The topological polar surface area (TPSA) is 59.8 Å². The van der Waals surface area contributed by atoms with E-state index in [-0.39, 0.29) is 11.9 Å². The Morgan fingerprint density at radius 1 is 1.07 bits per heavy atom. The van der Waals surface area contributed by atoms with E-state index in [9.17, 15) is 4.79 Å². The van der Waals surface area contributed by atoms with Gasteiger partial charge >= 0.3 is 0 Å². The number of hydrogen-bond acceptors (Lipinski definition) is 4. The first-order valence-electron chi connectivity index (χ1n) is 9.07. The van der Waals surface area contributed by atoms with Crippen LogP contribution in [0.25, 0.3) is 5.69 Å². The summed E-state index contributed by atoms with van der Waals surface area (Å²) in [6.07, 6.45) is 1.87. The summed E-state index contributed by atoms with van der Waals surface area (Å²) in [5.41, 5.74) is 2.29. The highest BCUT2D eigenvalue weighted by Gasteiger charge is 2.14. The first-order chi connectivity index (χ1) is 13.1. The van der Waals surface area contributed by atoms with Crippen LogP contribution in [0.15, 0.2) is 65.8 Å². The van der Waals surface area contributed by atoms with Gasteiger partial charge in [-0.05, 0) is 44.4 Å². The highest BCUT2D eigenvalue weighted by atomic mass is 32.2. The molecule has 0 radical (unpaired) electrons. The fraction of sp³-hybridized carbons (Fsp3) is 0.286. The Kier molecular flexibility index (Phi) is 6.65. The van der Waals surface area contributed by atoms with E-state index in [4.69, 9.17) is 0 Å². The molecule has 0 aliphatic rings. The number of carbonyl (C=O) groups is 1. The Hall–Kier alpha value is -2.60. The van der Waals surface area contributed by atoms with E-state index in [1.54, 1.807) is 0 Å². The van der Waals surface area contributed by atoms with Crippen LogP contribution in [0.4, 0.5) is 0 Å². The van der Waals surface area contributed by atoms with E-state index in [0.29, 0.717) is 5.75 Å². The van der Waals surface area contributed by atoms with Crippen molar-refractivity contribution >= 4 is 17.7 Å². The molecule has 0 bridgehead atoms. The van der Waals surface area contributed by atoms with Gasteiger partial charge in [0.05, 0.1) is 5.75 Å². The molecule has 0 spiro atoms. The van der Waals surface area contributed by atoms with Crippen molar-refractivity contribution in [1.29, 1.82) is 0 Å². The van der Waals surface area contributed by atoms with Crippen LogP contribution >= 0.6 is 11.8 Å². The lowest BCUT2D eigenvalue weighted by Gasteiger charge is -2.14. The Labute approximate surface area is 164 Å². The molecule has 0 unspecified atom stereocenters. The average molecular weight is 381 g/mol. The zero-order valence-corrected chi connectivity index (χ0v) is 16.4. The van der Waals surface area contributed by atoms with Crippen molar-refractivity contribution in [1.82, 2.24) is 20.1 Å². The molecular weight excluding hydrogens is 356 g/mol. The van der Waals surface area contributed by atoms with Gasteiger partial charge in [0.25, 0.3) is 0 Å². The first kappa shape index (κ1) is 19.2. The van der Waals surface area contributed by atoms with Crippen LogP contribution in [0.1, 0.15) is 24.7 Å². The number of rotatable bonds is 8. The van der Waals surface area contributed by atoms with Crippen molar-refractivity contribution in [3.8, 4) is 5.69 Å². The molecule has 3 rings (SSSR count). The highest BCUT2D eigenvalue weighted by molar-refractivity contribution is 7.99. The van der Waals surface area contributed by atoms with Crippen LogP contribution in [0.3, 0.4) is 0 Å². The Balaban J connectivity index is 1.51. The summed E-state index contributed by atoms with van der Waals surface area (Å²) in [4.78, 5) is 12.3. The van der Waals surface area contributed by atoms with E-state index in [0.717, 1.165) is 29.5 Å². The van der Waals surface area contributed by atoms with Gasteiger partial charge in [0.15, 0.2) is 5.16 Å². The molecule has 0 aliphatic carbocycles. The third kappa shape index (κ3) is 5.44. The van der Waals surface area contributed by atoms with E-state index in [1.807, 2.05) is 66.9 Å². The number of aryl methyl sites for hydroxylation is 2. The third-order valence-corrected chi connectivity index (χ3v) is 5.19. The molecule has 1 amide bonds. The zero-order valence-electron chi connectivity index (χ0n) is 15.6. The summed E-state index contributed by atoms with van der Waals surface area (Å²) in [5.74, 6) is 1.14. The lowest BCUT2D eigenvalue weighted by Crippen LogP contribution is -2.34. The molecule has 1 aromatic heterocycles. The molecule has 0 saturated heterocycles. The number of aromatic nitrogens is 3. The van der Waals surface area contributed by atoms with E-state index in [1.165, 1.54) is 17.3 Å². The molecule has 1 N–H and O–H groups in total. The minimum atomic E-state index is 0.0147. The SMILES string of the molecule is Cc1nnc(SCC(=O)N[C@H](C)CCc2ccccc2)n1-c1ccccc1. The number of benzene rings is 2. The second-order valence-corrected chi connectivity index (χ2v) is 7.42. The van der Waals surface area contributed by atoms with Gasteiger partial charge < -0.3 is 5.32 Å². The molecule has 0 saturated carbocycles. The summed E-state index contributed by atoms with van der Waals surface area (Å²) < 4.78 is 1.97. The molecule has 1 atom stereocenters. The Morgan fingerprint density at radius 3 is 2.44 bits per heavy atom. The van der Waals surface area contributed by atoms with Crippen LogP contribution in [0.2, 0.25) is 0 Å². The number of para-hydroxylation sites is 1. The van der Waals surface area contributed by atoms with Gasteiger partial charge in [-0.15, -0.1) is 10.2 Å². The van der Waals surface area contributed by atoms with Crippen molar-refractivity contribution in [3.05, 3.63) is 72.1 Å². The molecule has 140 valence electrons. The van der Waals surface area contributed by atoms with Crippen LogP contribution in [0, 0.1) is 6.92 Å². The van der Waals surface area contributed by atoms with Crippen molar-refractivity contribution in [3.63, 3.8) is 0 Å². The lowest BCUT2D eigenvalue weighted by molar-refractivity contribution is -0.119. The number of hydrogen-bond donors (Lipinski definition) is 1. The van der Waals surface area contributed by atoms with Gasteiger partial charge in [-0.3, -0.25) is 9.36 Å². The van der Waals surface area contributed by atoms with Crippen molar-refractivity contribution in [2.75, 3.05) is 5.75 Å². The van der Waals surface area contributed by atoms with Crippen LogP contribution in [-0.2, 0) is 11.2 Å². The number of nitrogens with one attached hydrogen (secondary N) is 1. The van der Waals surface area contributed by atoms with Gasteiger partial charge in [-0.2, -0.15) is 0 Å². The number of thioether (sulfide) groups is 1. The highest BCUT2D eigenvalue weighted by Crippen LogP contribution is 2.21. The summed E-state index contributed by atoms with van der Waals surface area (Å²) in [7, 11) is 0. The molecule has 6 heteroatoms. The second-order valence-electron chi connectivity index (χ2n) is 6.48. The summed E-state index contributed by atoms with van der Waals surface area (Å²) >= 11 is 1.40. The van der Waals surface area contributed by atoms with E-state index >= 15 is 0 Å². The van der Waals surface area contributed by atoms with E-state index < -0.39 is 0 Å². The maximum atomic E-state index is 12.3. The Morgan fingerprint density at radius 2 is 1.74 bits per heavy atom. The summed E-state index contributed by atoms with van der Waals surface area (Å²) in [5, 5.41) is 12.2. The predicted molar refractivity (Wildman–Crippen MR) is 109 cm³/mol. The fourth-order valence-electron chi connectivity index (χ4n) is 2.86. The monoisotopic (exact) mass is 380 g/mol. The molecule has 1 heterocycles. The molecule has 3 aromatic rings. The van der Waals surface area contributed by atoms with Crippen LogP contribution < -0.4 is 5.32 Å². The molecule has 2 aromatic carbocycles. The quantitative estimate of drug-likeness (QED) is 0.604.